The third kappa shape index (κ3) is 7.16. The van der Waals surface area contributed by atoms with Gasteiger partial charge in [-0.05, 0) is 74.9 Å². The van der Waals surface area contributed by atoms with E-state index in [1.165, 1.54) is 0 Å². The Bertz CT molecular complexity index is 1570. The zero-order chi connectivity index (χ0) is 32.3. The van der Waals surface area contributed by atoms with E-state index in [9.17, 15) is 14.4 Å². The number of piperidine rings is 2. The van der Waals surface area contributed by atoms with Gasteiger partial charge in [0.25, 0.3) is 0 Å². The Morgan fingerprint density at radius 1 is 0.872 bits per heavy atom. The number of para-hydroxylation sites is 1. The lowest BCUT2D eigenvalue weighted by Gasteiger charge is -2.42. The first-order valence-electron chi connectivity index (χ1n) is 17.5. The van der Waals surface area contributed by atoms with Crippen LogP contribution >= 0.6 is 0 Å². The third-order valence-electron chi connectivity index (χ3n) is 11.0. The summed E-state index contributed by atoms with van der Waals surface area (Å²) in [6.45, 7) is 7.73. The number of nitrogens with zero attached hydrogens (tertiary/aromatic N) is 6. The lowest BCUT2D eigenvalue weighted by atomic mass is 9.91. The molecule has 7 rings (SSSR count). The lowest BCUT2D eigenvalue weighted by molar-refractivity contribution is -0.143. The first-order valence-corrected chi connectivity index (χ1v) is 17.5. The van der Waals surface area contributed by atoms with Crippen LogP contribution in [0.25, 0.3) is 10.9 Å². The van der Waals surface area contributed by atoms with Crippen LogP contribution in [0.15, 0.2) is 48.7 Å². The molecule has 2 aromatic carbocycles. The summed E-state index contributed by atoms with van der Waals surface area (Å²) in [6.07, 6.45) is 6.79. The van der Waals surface area contributed by atoms with Crippen LogP contribution < -0.4 is 5.32 Å². The van der Waals surface area contributed by atoms with Gasteiger partial charge in [-0.25, -0.2) is 4.79 Å². The molecule has 2 N–H and O–H groups in total. The van der Waals surface area contributed by atoms with E-state index in [2.05, 4.69) is 44.5 Å². The molecule has 3 aromatic rings. The summed E-state index contributed by atoms with van der Waals surface area (Å²) >= 11 is 0. The van der Waals surface area contributed by atoms with Crippen molar-refractivity contribution >= 4 is 34.4 Å². The Morgan fingerprint density at radius 2 is 1.60 bits per heavy atom. The molecule has 0 saturated carbocycles. The zero-order valence-electron chi connectivity index (χ0n) is 27.6. The first kappa shape index (κ1) is 31.6. The quantitative estimate of drug-likeness (QED) is 0.410. The number of hydrogen-bond donors (Lipinski definition) is 2. The number of likely N-dealkylation sites (N-methyl/N-ethyl adjacent to an activating group) is 1. The van der Waals surface area contributed by atoms with Crippen LogP contribution in [-0.4, -0.2) is 131 Å². The minimum absolute atomic E-state index is 0.0336. The standard InChI is InChI=1S/C36H48N8O3/c1-40-18-20-41(21-19-40)30-9-15-43(16-10-30)35(46)28(22-26-6-7-33-29(23-26)25-37-39-33)24-34(45)42-13-11-31(12-14-42)44-17-8-27-4-2-3-5-32(27)38-36(44)47/h2-7,23,25,28,30-31H,8-22,24H2,1H3,(H,37,39)(H,38,47)/t28-/m0/s1. The monoisotopic (exact) mass is 640 g/mol. The average Bonchev–Trinajstić information content (AvgIpc) is 3.50. The molecule has 0 spiro atoms. The second-order valence-electron chi connectivity index (χ2n) is 13.9. The number of urea groups is 1. The van der Waals surface area contributed by atoms with E-state index in [-0.39, 0.29) is 30.3 Å². The van der Waals surface area contributed by atoms with Crippen molar-refractivity contribution in [3.8, 4) is 0 Å². The van der Waals surface area contributed by atoms with Crippen molar-refractivity contribution in [3.05, 3.63) is 59.8 Å². The number of fused-ring (bicyclic) bond motifs is 2. The van der Waals surface area contributed by atoms with E-state index in [1.54, 1.807) is 6.20 Å². The van der Waals surface area contributed by atoms with Gasteiger partial charge in [0.05, 0.1) is 17.6 Å². The summed E-state index contributed by atoms with van der Waals surface area (Å²) in [7, 11) is 2.18. The van der Waals surface area contributed by atoms with Crippen molar-refractivity contribution in [2.45, 2.75) is 57.0 Å². The summed E-state index contributed by atoms with van der Waals surface area (Å²) in [5, 5.41) is 11.2. The highest BCUT2D eigenvalue weighted by Crippen LogP contribution is 2.27. The maximum absolute atomic E-state index is 14.1. The molecule has 0 radical (unpaired) electrons. The number of H-pyrrole nitrogens is 1. The van der Waals surface area contributed by atoms with E-state index in [0.717, 1.165) is 99.1 Å². The number of aromatic amines is 1. The second kappa shape index (κ2) is 14.0. The molecular weight excluding hydrogens is 592 g/mol. The van der Waals surface area contributed by atoms with Crippen molar-refractivity contribution in [2.24, 2.45) is 5.92 Å². The predicted octanol–water partition coefficient (Wildman–Crippen LogP) is 3.43. The highest BCUT2D eigenvalue weighted by Gasteiger charge is 2.35. The van der Waals surface area contributed by atoms with Crippen LogP contribution in [0.3, 0.4) is 0 Å². The maximum Gasteiger partial charge on any atom is 0.322 e. The number of likely N-dealkylation sites (tertiary alicyclic amines) is 2. The third-order valence-corrected chi connectivity index (χ3v) is 11.0. The Labute approximate surface area is 277 Å². The van der Waals surface area contributed by atoms with Crippen LogP contribution in [0.5, 0.6) is 0 Å². The molecule has 11 nitrogen and oxygen atoms in total. The molecule has 47 heavy (non-hydrogen) atoms. The molecule has 11 heteroatoms. The molecule has 1 atom stereocenters. The van der Waals surface area contributed by atoms with Crippen molar-refractivity contribution in [1.29, 1.82) is 0 Å². The number of hydrogen-bond acceptors (Lipinski definition) is 6. The second-order valence-corrected chi connectivity index (χ2v) is 13.9. The average molecular weight is 641 g/mol. The van der Waals surface area contributed by atoms with Gasteiger partial charge in [0.1, 0.15) is 0 Å². The molecule has 250 valence electrons. The zero-order valence-corrected chi connectivity index (χ0v) is 27.6. The number of piperazine rings is 1. The summed E-state index contributed by atoms with van der Waals surface area (Å²) in [6, 6.07) is 14.7. The van der Waals surface area contributed by atoms with Gasteiger partial charge < -0.3 is 24.9 Å². The summed E-state index contributed by atoms with van der Waals surface area (Å²) in [5.74, 6) is -0.288. The molecule has 1 aromatic heterocycles. The first-order chi connectivity index (χ1) is 22.9. The van der Waals surface area contributed by atoms with Gasteiger partial charge in [-0.2, -0.15) is 5.10 Å². The van der Waals surface area contributed by atoms with Gasteiger partial charge >= 0.3 is 6.03 Å². The molecule has 4 aliphatic heterocycles. The van der Waals surface area contributed by atoms with Crippen LogP contribution in [0.1, 0.15) is 43.2 Å². The molecule has 3 saturated heterocycles. The highest BCUT2D eigenvalue weighted by molar-refractivity contribution is 5.91. The Balaban J connectivity index is 0.981. The maximum atomic E-state index is 14.1. The molecule has 4 amide bonds. The van der Waals surface area contributed by atoms with Crippen molar-refractivity contribution in [1.82, 2.24) is 34.7 Å². The largest absolute Gasteiger partial charge is 0.343 e. The Kier molecular flexibility index (Phi) is 9.44. The van der Waals surface area contributed by atoms with Gasteiger partial charge in [-0.3, -0.25) is 19.6 Å². The number of anilines is 1. The number of rotatable bonds is 7. The Hall–Kier alpha value is -3.96. The van der Waals surface area contributed by atoms with Gasteiger partial charge in [-0.1, -0.05) is 24.3 Å². The molecule has 0 unspecified atom stereocenters. The fourth-order valence-corrected chi connectivity index (χ4v) is 8.05. The molecular formula is C36H48N8O3. The van der Waals surface area contributed by atoms with E-state index in [1.807, 2.05) is 45.0 Å². The van der Waals surface area contributed by atoms with Gasteiger partial charge in [0.15, 0.2) is 0 Å². The molecule has 5 heterocycles. The summed E-state index contributed by atoms with van der Waals surface area (Å²) < 4.78 is 0. The number of amides is 4. The van der Waals surface area contributed by atoms with E-state index in [0.29, 0.717) is 32.1 Å². The van der Waals surface area contributed by atoms with E-state index in [4.69, 9.17) is 0 Å². The van der Waals surface area contributed by atoms with Crippen LogP contribution in [-0.2, 0) is 22.4 Å². The Morgan fingerprint density at radius 3 is 2.38 bits per heavy atom. The lowest BCUT2D eigenvalue weighted by Crippen LogP contribution is -2.53. The number of carbonyl (C=O) groups excluding carboxylic acids is 3. The van der Waals surface area contributed by atoms with E-state index < -0.39 is 5.92 Å². The molecule has 0 bridgehead atoms. The topological polar surface area (TPSA) is 108 Å². The van der Waals surface area contributed by atoms with Gasteiger partial charge in [0, 0.05) is 88.5 Å². The minimum Gasteiger partial charge on any atom is -0.343 e. The highest BCUT2D eigenvalue weighted by atomic mass is 16.2. The SMILES string of the molecule is CN1CCN(C2CCN(C(=O)[C@H](CC(=O)N3CCC(N4CCc5ccccc5NC4=O)CC3)Cc3ccc4[nH]ncc4c3)CC2)CC1. The minimum atomic E-state index is -0.417. The summed E-state index contributed by atoms with van der Waals surface area (Å²) in [4.78, 5) is 51.9. The van der Waals surface area contributed by atoms with Gasteiger partial charge in [-0.15, -0.1) is 0 Å². The van der Waals surface area contributed by atoms with Crippen LogP contribution in [0, 0.1) is 5.92 Å². The fraction of sp³-hybridized carbons (Fsp3) is 0.556. The number of carbonyl (C=O) groups is 3. The molecule has 3 fully saturated rings. The number of benzene rings is 2. The fourth-order valence-electron chi connectivity index (χ4n) is 8.05. The number of aromatic nitrogens is 2. The summed E-state index contributed by atoms with van der Waals surface area (Å²) in [5.41, 5.74) is 4.05. The van der Waals surface area contributed by atoms with Gasteiger partial charge in [0.2, 0.25) is 11.8 Å². The van der Waals surface area contributed by atoms with Crippen LogP contribution in [0.4, 0.5) is 10.5 Å². The molecule has 4 aliphatic rings. The van der Waals surface area contributed by atoms with Crippen LogP contribution in [0.2, 0.25) is 0 Å². The van der Waals surface area contributed by atoms with Crippen molar-refractivity contribution in [3.63, 3.8) is 0 Å². The normalized spacial score (nSPS) is 21.4. The van der Waals surface area contributed by atoms with E-state index >= 15 is 0 Å². The van der Waals surface area contributed by atoms with Crippen molar-refractivity contribution in [2.75, 3.05) is 71.3 Å². The molecule has 0 aliphatic carbocycles. The number of nitrogens with one attached hydrogen (secondary N) is 2. The smallest absolute Gasteiger partial charge is 0.322 e. The predicted molar refractivity (Wildman–Crippen MR) is 182 cm³/mol. The van der Waals surface area contributed by atoms with Crippen molar-refractivity contribution < 1.29 is 14.4 Å².